The standard InChI is InChI=1S/C37H44O10S2/c1-44-29-14-24(33(41)37(45-2)35(29)43)36-34(42)26-17-48-49-20-5-3-4-18(12-20)6-8-21-23-13-19(40)7-9-22(23)30-27(46-11-10-38)15-28(47-36)31(26)32(30)25(21)16-39/h7,9,13-15,18,20-21,25-26,34,36,38-43H,3-6,8,10-12,16-17H2,1-2H3. The zero-order valence-corrected chi connectivity index (χ0v) is 29.3. The van der Waals surface area contributed by atoms with Crippen LogP contribution in [0.2, 0.25) is 0 Å². The average molecular weight is 713 g/mol. The van der Waals surface area contributed by atoms with Gasteiger partial charge in [0.05, 0.1) is 27.4 Å². The molecule has 0 aromatic heterocycles. The molecule has 2 aliphatic heterocycles. The van der Waals surface area contributed by atoms with Crippen molar-refractivity contribution in [2.24, 2.45) is 5.92 Å². The second kappa shape index (κ2) is 14.2. The molecule has 3 aromatic carbocycles. The van der Waals surface area contributed by atoms with Gasteiger partial charge in [-0.25, -0.2) is 0 Å². The van der Waals surface area contributed by atoms with Crippen LogP contribution in [0.3, 0.4) is 0 Å². The third-order valence-corrected chi connectivity index (χ3v) is 13.8. The van der Waals surface area contributed by atoms with Gasteiger partial charge in [-0.15, -0.1) is 0 Å². The zero-order chi connectivity index (χ0) is 34.4. The minimum absolute atomic E-state index is 0.0179. The second-order valence-electron chi connectivity index (χ2n) is 13.5. The van der Waals surface area contributed by atoms with Crippen LogP contribution in [0.1, 0.15) is 84.6 Å². The van der Waals surface area contributed by atoms with Gasteiger partial charge in [0.15, 0.2) is 17.6 Å². The van der Waals surface area contributed by atoms with E-state index in [-0.39, 0.29) is 66.0 Å². The summed E-state index contributed by atoms with van der Waals surface area (Å²) in [6, 6.07) is 8.59. The number of aromatic hydroxyl groups is 3. The molecule has 3 aromatic rings. The highest BCUT2D eigenvalue weighted by molar-refractivity contribution is 8.76. The predicted molar refractivity (Wildman–Crippen MR) is 189 cm³/mol. The number of rotatable bonds is 7. The van der Waals surface area contributed by atoms with Crippen LogP contribution < -0.4 is 18.9 Å². The van der Waals surface area contributed by atoms with E-state index in [1.165, 1.54) is 33.1 Å². The summed E-state index contributed by atoms with van der Waals surface area (Å²) in [5.74, 6) is 0.279. The second-order valence-corrected chi connectivity index (χ2v) is 16.2. The van der Waals surface area contributed by atoms with E-state index < -0.39 is 18.1 Å². The number of phenolic OH excluding ortho intramolecular Hbond substituents is 3. The van der Waals surface area contributed by atoms with Crippen molar-refractivity contribution in [3.63, 3.8) is 0 Å². The van der Waals surface area contributed by atoms with Gasteiger partial charge in [0.2, 0.25) is 11.5 Å². The van der Waals surface area contributed by atoms with Crippen molar-refractivity contribution in [3.05, 3.63) is 52.6 Å². The van der Waals surface area contributed by atoms with E-state index in [4.69, 9.17) is 18.9 Å². The molecule has 49 heavy (non-hydrogen) atoms. The molecule has 1 fully saturated rings. The molecule has 1 saturated carbocycles. The van der Waals surface area contributed by atoms with Gasteiger partial charge >= 0.3 is 0 Å². The number of methoxy groups -OCH3 is 2. The van der Waals surface area contributed by atoms with Crippen LogP contribution in [0.4, 0.5) is 0 Å². The van der Waals surface area contributed by atoms with Crippen molar-refractivity contribution in [3.8, 4) is 51.4 Å². The monoisotopic (exact) mass is 712 g/mol. The third-order valence-electron chi connectivity index (χ3n) is 10.8. The predicted octanol–water partition coefficient (Wildman–Crippen LogP) is 6.34. The van der Waals surface area contributed by atoms with Gasteiger partial charge in [-0.2, -0.15) is 0 Å². The van der Waals surface area contributed by atoms with Crippen LogP contribution in [-0.4, -0.2) is 81.8 Å². The highest BCUT2D eigenvalue weighted by Gasteiger charge is 2.47. The molecule has 264 valence electrons. The van der Waals surface area contributed by atoms with Gasteiger partial charge in [-0.1, -0.05) is 40.5 Å². The minimum Gasteiger partial charge on any atom is -0.508 e. The fourth-order valence-electron chi connectivity index (χ4n) is 8.59. The Balaban J connectivity index is 1.48. The Hall–Kier alpha value is -3.16. The van der Waals surface area contributed by atoms with Crippen LogP contribution >= 0.6 is 21.6 Å². The summed E-state index contributed by atoms with van der Waals surface area (Å²) in [7, 11) is 6.32. The Kier molecular flexibility index (Phi) is 9.96. The molecule has 0 radical (unpaired) electrons. The van der Waals surface area contributed by atoms with Crippen molar-refractivity contribution >= 4 is 21.6 Å². The summed E-state index contributed by atoms with van der Waals surface area (Å²) in [5.41, 5.74) is 4.41. The van der Waals surface area contributed by atoms with E-state index in [1.807, 2.05) is 22.9 Å². The van der Waals surface area contributed by atoms with Crippen LogP contribution in [0.15, 0.2) is 30.3 Å². The van der Waals surface area contributed by atoms with E-state index in [0.717, 1.165) is 53.5 Å². The maximum Gasteiger partial charge on any atom is 0.207 e. The van der Waals surface area contributed by atoms with Crippen LogP contribution in [0.25, 0.3) is 11.1 Å². The summed E-state index contributed by atoms with van der Waals surface area (Å²) in [6.45, 7) is -0.371. The Morgan fingerprint density at radius 3 is 2.47 bits per heavy atom. The zero-order valence-electron chi connectivity index (χ0n) is 27.6. The smallest absolute Gasteiger partial charge is 0.207 e. The Bertz CT molecular complexity index is 1700. The van der Waals surface area contributed by atoms with Crippen molar-refractivity contribution in [1.82, 2.24) is 0 Å². The highest BCUT2D eigenvalue weighted by Crippen LogP contribution is 2.61. The SMILES string of the molecule is COc1cc(C2Oc3cc(OCCO)c4c5c3C(CSSC3CCCC(CCC(c6cc(O)ccc6-4)C5CO)C3)C2O)c(O)c(OC)c1O. The first-order valence-electron chi connectivity index (χ1n) is 17.0. The number of phenols is 3. The molecule has 6 N–H and O–H groups in total. The normalized spacial score (nSPS) is 27.4. The fraction of sp³-hybridized carbons (Fsp3) is 0.514. The number of aliphatic hydroxyl groups excluding tert-OH is 3. The van der Waals surface area contributed by atoms with Crippen molar-refractivity contribution < 1.29 is 49.6 Å². The van der Waals surface area contributed by atoms with Gasteiger partial charge < -0.3 is 49.6 Å². The lowest BCUT2D eigenvalue weighted by Gasteiger charge is -2.43. The molecule has 7 rings (SSSR count). The quantitative estimate of drug-likeness (QED) is 0.151. The van der Waals surface area contributed by atoms with Crippen LogP contribution in [0.5, 0.6) is 40.2 Å². The maximum atomic E-state index is 12.4. The number of benzene rings is 3. The molecule has 0 spiro atoms. The first-order chi connectivity index (χ1) is 23.8. The fourth-order valence-corrected chi connectivity index (χ4v) is 11.8. The number of aliphatic hydroxyl groups is 3. The molecule has 2 aliphatic carbocycles. The molecule has 4 bridgehead atoms. The highest BCUT2D eigenvalue weighted by atomic mass is 33.1. The van der Waals surface area contributed by atoms with Crippen molar-refractivity contribution in [2.45, 2.75) is 73.7 Å². The van der Waals surface area contributed by atoms with Crippen molar-refractivity contribution in [2.75, 3.05) is 39.8 Å². The van der Waals surface area contributed by atoms with Gasteiger partial charge in [0.25, 0.3) is 0 Å². The summed E-state index contributed by atoms with van der Waals surface area (Å²) < 4.78 is 23.6. The number of hydrogen-bond acceptors (Lipinski definition) is 12. The lowest BCUT2D eigenvalue weighted by molar-refractivity contribution is 0.00263. The Labute approximate surface area is 293 Å². The molecular weight excluding hydrogens is 669 g/mol. The van der Waals surface area contributed by atoms with Crippen molar-refractivity contribution in [1.29, 1.82) is 0 Å². The lowest BCUT2D eigenvalue weighted by Crippen LogP contribution is -2.38. The molecular formula is C37H44O10S2. The molecule has 12 heteroatoms. The summed E-state index contributed by atoms with van der Waals surface area (Å²) in [5, 5.41) is 66.6. The molecule has 7 unspecified atom stereocenters. The first kappa shape index (κ1) is 34.3. The lowest BCUT2D eigenvalue weighted by atomic mass is 9.65. The third kappa shape index (κ3) is 6.03. The summed E-state index contributed by atoms with van der Waals surface area (Å²) in [4.78, 5) is 0. The Morgan fingerprint density at radius 2 is 1.71 bits per heavy atom. The summed E-state index contributed by atoms with van der Waals surface area (Å²) >= 11 is 0. The molecule has 2 heterocycles. The minimum atomic E-state index is -1.15. The number of fused-ring (bicyclic) bond motifs is 6. The maximum absolute atomic E-state index is 12.4. The van der Waals surface area contributed by atoms with E-state index in [2.05, 4.69) is 0 Å². The molecule has 0 amide bonds. The summed E-state index contributed by atoms with van der Waals surface area (Å²) in [6.07, 6.45) is 4.20. The molecule has 0 saturated heterocycles. The average Bonchev–Trinajstić information content (AvgIpc) is 3.10. The van der Waals surface area contributed by atoms with Crippen LogP contribution in [0, 0.1) is 5.92 Å². The van der Waals surface area contributed by atoms with E-state index in [1.54, 1.807) is 22.9 Å². The van der Waals surface area contributed by atoms with E-state index in [9.17, 15) is 30.6 Å². The first-order valence-corrected chi connectivity index (χ1v) is 19.4. The van der Waals surface area contributed by atoms with Gasteiger partial charge in [-0.3, -0.25) is 0 Å². The van der Waals surface area contributed by atoms with E-state index >= 15 is 0 Å². The molecule has 10 nitrogen and oxygen atoms in total. The van der Waals surface area contributed by atoms with Gasteiger partial charge in [0.1, 0.15) is 30.0 Å². The van der Waals surface area contributed by atoms with Crippen LogP contribution in [-0.2, 0) is 0 Å². The molecule has 7 atom stereocenters. The molecule has 4 aliphatic rings. The number of hydrogen-bond donors (Lipinski definition) is 6. The van der Waals surface area contributed by atoms with E-state index in [0.29, 0.717) is 28.4 Å². The number of ether oxygens (including phenoxy) is 4. The largest absolute Gasteiger partial charge is 0.508 e. The van der Waals surface area contributed by atoms with Gasteiger partial charge in [-0.05, 0) is 72.4 Å². The topological polar surface area (TPSA) is 158 Å². The van der Waals surface area contributed by atoms with Gasteiger partial charge in [0, 0.05) is 45.6 Å². The Morgan fingerprint density at radius 1 is 0.878 bits per heavy atom.